The summed E-state index contributed by atoms with van der Waals surface area (Å²) in [7, 11) is 1.75. The molecule has 0 bridgehead atoms. The number of likely N-dealkylation sites (N-methyl/N-ethyl adjacent to an activating group) is 1. The molecule has 1 rings (SSSR count). The summed E-state index contributed by atoms with van der Waals surface area (Å²) in [5, 5.41) is 3.10. The Bertz CT molecular complexity index is 729. The first-order valence-corrected chi connectivity index (χ1v) is 13.0. The van der Waals surface area contributed by atoms with Gasteiger partial charge in [0, 0.05) is 18.2 Å². The lowest BCUT2D eigenvalue weighted by atomic mass is 9.90. The van der Waals surface area contributed by atoms with Gasteiger partial charge >= 0.3 is 5.97 Å². The van der Waals surface area contributed by atoms with Crippen molar-refractivity contribution in [3.05, 3.63) is 11.6 Å². The minimum absolute atomic E-state index is 0.0685. The maximum Gasteiger partial charge on any atom is 0.333 e. The molecular weight excluding hydrogens is 430 g/mol. The normalized spacial score (nSPS) is 19.6. The average molecular weight is 480 g/mol. The van der Waals surface area contributed by atoms with E-state index >= 15 is 0 Å². The van der Waals surface area contributed by atoms with Crippen molar-refractivity contribution in [2.45, 2.75) is 112 Å². The Morgan fingerprint density at radius 2 is 1.74 bits per heavy atom. The topological polar surface area (TPSA) is 79.0 Å². The monoisotopic (exact) mass is 479 g/mol. The van der Waals surface area contributed by atoms with E-state index in [0.717, 1.165) is 32.2 Å². The van der Waals surface area contributed by atoms with Gasteiger partial charge in [0.2, 0.25) is 11.8 Å². The van der Waals surface area contributed by atoms with Crippen molar-refractivity contribution in [1.82, 2.24) is 15.1 Å². The van der Waals surface area contributed by atoms with E-state index in [-0.39, 0.29) is 47.2 Å². The molecule has 1 saturated heterocycles. The van der Waals surface area contributed by atoms with Gasteiger partial charge in [-0.3, -0.25) is 14.5 Å². The Balaban J connectivity index is 3.11. The summed E-state index contributed by atoms with van der Waals surface area (Å²) in [4.78, 5) is 43.2. The summed E-state index contributed by atoms with van der Waals surface area (Å²) in [6, 6.07) is -1.15. The number of nitrogens with one attached hydrogen (secondary N) is 1. The van der Waals surface area contributed by atoms with Gasteiger partial charge in [-0.05, 0) is 65.3 Å². The number of carbonyl (C=O) groups is 3. The summed E-state index contributed by atoms with van der Waals surface area (Å²) in [6.07, 6.45) is 5.66. The molecule has 7 nitrogen and oxygen atoms in total. The molecule has 1 heterocycles. The summed E-state index contributed by atoms with van der Waals surface area (Å²) in [5.74, 6) is -0.578. The molecule has 0 saturated carbocycles. The molecule has 0 radical (unpaired) electrons. The third kappa shape index (κ3) is 7.82. The average Bonchev–Trinajstić information content (AvgIpc) is 2.79. The zero-order valence-corrected chi connectivity index (χ0v) is 23.2. The van der Waals surface area contributed by atoms with E-state index in [1.54, 1.807) is 31.9 Å². The molecule has 0 aromatic rings. The first-order valence-electron chi connectivity index (χ1n) is 13.0. The van der Waals surface area contributed by atoms with Crippen molar-refractivity contribution < 1.29 is 19.1 Å². The van der Waals surface area contributed by atoms with Crippen LogP contribution in [-0.4, -0.2) is 71.4 Å². The predicted octanol–water partition coefficient (Wildman–Crippen LogP) is 4.16. The van der Waals surface area contributed by atoms with Crippen LogP contribution in [0.5, 0.6) is 0 Å². The number of rotatable bonds is 11. The Morgan fingerprint density at radius 1 is 1.12 bits per heavy atom. The zero-order valence-electron chi connectivity index (χ0n) is 23.2. The van der Waals surface area contributed by atoms with Crippen molar-refractivity contribution >= 4 is 17.8 Å². The van der Waals surface area contributed by atoms with Crippen LogP contribution in [0.4, 0.5) is 0 Å². The van der Waals surface area contributed by atoms with Crippen LogP contribution in [0.15, 0.2) is 11.6 Å². The van der Waals surface area contributed by atoms with Gasteiger partial charge in [-0.2, -0.15) is 0 Å². The fraction of sp³-hybridized carbons (Fsp3) is 0.815. The number of carbonyl (C=O) groups excluding carboxylic acids is 3. The highest BCUT2D eigenvalue weighted by Crippen LogP contribution is 2.28. The number of esters is 1. The Morgan fingerprint density at radius 3 is 2.24 bits per heavy atom. The third-order valence-corrected chi connectivity index (χ3v) is 7.17. The predicted molar refractivity (Wildman–Crippen MR) is 137 cm³/mol. The molecule has 0 spiro atoms. The van der Waals surface area contributed by atoms with Crippen molar-refractivity contribution in [1.29, 1.82) is 0 Å². The first kappa shape index (κ1) is 30.1. The van der Waals surface area contributed by atoms with Crippen molar-refractivity contribution in [3.63, 3.8) is 0 Å². The van der Waals surface area contributed by atoms with Gasteiger partial charge in [-0.25, -0.2) is 4.79 Å². The van der Waals surface area contributed by atoms with E-state index < -0.39 is 6.04 Å². The molecule has 0 aromatic heterocycles. The smallest absolute Gasteiger partial charge is 0.333 e. The lowest BCUT2D eigenvalue weighted by Crippen LogP contribution is -2.61. The fourth-order valence-electron chi connectivity index (χ4n) is 4.58. The number of hydrogen-bond donors (Lipinski definition) is 1. The van der Waals surface area contributed by atoms with Gasteiger partial charge in [-0.15, -0.1) is 0 Å². The fourth-order valence-corrected chi connectivity index (χ4v) is 4.58. The van der Waals surface area contributed by atoms with Gasteiger partial charge in [0.1, 0.15) is 6.04 Å². The first-order chi connectivity index (χ1) is 15.8. The lowest BCUT2D eigenvalue weighted by molar-refractivity contribution is -0.141. The van der Waals surface area contributed by atoms with Gasteiger partial charge < -0.3 is 15.0 Å². The summed E-state index contributed by atoms with van der Waals surface area (Å²) >= 11 is 0. The molecule has 0 aliphatic carbocycles. The van der Waals surface area contributed by atoms with Crippen LogP contribution in [0.3, 0.4) is 0 Å². The van der Waals surface area contributed by atoms with Crippen molar-refractivity contribution in [2.75, 3.05) is 20.2 Å². The SMILES string of the molecule is CCOC(=O)C(C)=C[C@H](C(C)C)N(C)C(=O)[C@@H](NC(=O)C1CCCCN1C(C)(C)CC)C(C)C. The van der Waals surface area contributed by atoms with Crippen LogP contribution >= 0.6 is 0 Å². The standard InChI is InChI=1S/C27H49N3O4/c1-11-27(8,9)30-16-14-13-15-21(30)24(31)28-23(19(5)6)25(32)29(10)22(18(3)4)17-20(7)26(33)34-12-2/h17-19,21-23H,11-16H2,1-10H3,(H,28,31)/t21?,22-,23+/m1/s1. The van der Waals surface area contributed by atoms with E-state index in [1.807, 2.05) is 27.7 Å². The Kier molecular flexibility index (Phi) is 11.8. The summed E-state index contributed by atoms with van der Waals surface area (Å²) < 4.78 is 5.10. The maximum absolute atomic E-state index is 13.6. The molecule has 196 valence electrons. The third-order valence-electron chi connectivity index (χ3n) is 7.17. The van der Waals surface area contributed by atoms with E-state index in [2.05, 4.69) is 31.0 Å². The molecule has 0 aromatic carbocycles. The largest absolute Gasteiger partial charge is 0.463 e. The summed E-state index contributed by atoms with van der Waals surface area (Å²) in [6.45, 7) is 19.1. The zero-order chi connectivity index (χ0) is 26.2. The van der Waals surface area contributed by atoms with Gasteiger partial charge in [0.25, 0.3) is 0 Å². The van der Waals surface area contributed by atoms with Crippen molar-refractivity contribution in [2.24, 2.45) is 11.8 Å². The molecule has 1 fully saturated rings. The number of likely N-dealkylation sites (tertiary alicyclic amines) is 1. The molecule has 2 amide bonds. The van der Waals surface area contributed by atoms with Crippen LogP contribution in [-0.2, 0) is 19.1 Å². The Hall–Kier alpha value is -1.89. The molecule has 1 N–H and O–H groups in total. The highest BCUT2D eigenvalue weighted by Gasteiger charge is 2.39. The van der Waals surface area contributed by atoms with Gasteiger partial charge in [0.15, 0.2) is 0 Å². The van der Waals surface area contributed by atoms with E-state index in [4.69, 9.17) is 4.74 Å². The van der Waals surface area contributed by atoms with E-state index in [1.165, 1.54) is 0 Å². The molecule has 1 aliphatic heterocycles. The van der Waals surface area contributed by atoms with Crippen LogP contribution in [0.25, 0.3) is 0 Å². The van der Waals surface area contributed by atoms with Crippen LogP contribution in [0.1, 0.15) is 88.0 Å². The van der Waals surface area contributed by atoms with Gasteiger partial charge in [-0.1, -0.05) is 47.1 Å². The maximum atomic E-state index is 13.6. The number of amides is 2. The lowest BCUT2D eigenvalue weighted by Gasteiger charge is -2.45. The molecule has 3 atom stereocenters. The van der Waals surface area contributed by atoms with Gasteiger partial charge in [0.05, 0.1) is 18.7 Å². The van der Waals surface area contributed by atoms with Crippen LogP contribution in [0.2, 0.25) is 0 Å². The number of piperidine rings is 1. The molecule has 7 heteroatoms. The van der Waals surface area contributed by atoms with Crippen molar-refractivity contribution in [3.8, 4) is 0 Å². The molecule has 1 unspecified atom stereocenters. The second-order valence-electron chi connectivity index (χ2n) is 10.9. The Labute approximate surface area is 207 Å². The molecule has 1 aliphatic rings. The highest BCUT2D eigenvalue weighted by atomic mass is 16.5. The van der Waals surface area contributed by atoms with Crippen LogP contribution < -0.4 is 5.32 Å². The summed E-state index contributed by atoms with van der Waals surface area (Å²) in [5.41, 5.74) is 0.402. The number of hydrogen-bond acceptors (Lipinski definition) is 5. The number of nitrogens with zero attached hydrogens (tertiary/aromatic N) is 2. The van der Waals surface area contributed by atoms with E-state index in [9.17, 15) is 14.4 Å². The second-order valence-corrected chi connectivity index (χ2v) is 10.9. The molecular formula is C27H49N3O4. The highest BCUT2D eigenvalue weighted by molar-refractivity contribution is 5.91. The van der Waals surface area contributed by atoms with E-state index in [0.29, 0.717) is 12.2 Å². The van der Waals surface area contributed by atoms with Crippen LogP contribution in [0, 0.1) is 11.8 Å². The minimum atomic E-state index is -0.636. The number of ether oxygens (including phenoxy) is 1. The second kappa shape index (κ2) is 13.3. The quantitative estimate of drug-likeness (QED) is 0.356. The molecule has 34 heavy (non-hydrogen) atoms. The minimum Gasteiger partial charge on any atom is -0.463 e.